The Kier molecular flexibility index (Phi) is 13.6. The molecule has 4 nitrogen and oxygen atoms in total. The van der Waals surface area contributed by atoms with Gasteiger partial charge in [-0.1, -0.05) is 300 Å². The molecule has 99 heavy (non-hydrogen) atoms. The Morgan fingerprint density at radius 2 is 0.465 bits per heavy atom. The molecule has 0 amide bonds. The van der Waals surface area contributed by atoms with E-state index >= 15 is 0 Å². The highest BCUT2D eigenvalue weighted by molar-refractivity contribution is 7.00. The van der Waals surface area contributed by atoms with E-state index in [-0.39, 0.29) is 12.1 Å². The first-order valence-corrected chi connectivity index (χ1v) is 34.5. The first-order valence-electron chi connectivity index (χ1n) is 34.5. The average molecular weight is 1260 g/mol. The minimum Gasteiger partial charge on any atom is -0.309 e. The highest BCUT2D eigenvalue weighted by atomic mass is 15.2. The van der Waals surface area contributed by atoms with Crippen LogP contribution >= 0.6 is 0 Å². The fourth-order valence-corrected chi connectivity index (χ4v) is 16.1. The normalized spacial score (nSPS) is 12.5. The van der Waals surface area contributed by atoms with Gasteiger partial charge in [0.25, 0.3) is 6.71 Å². The van der Waals surface area contributed by atoms with Crippen LogP contribution in [0.4, 0.5) is 34.1 Å². The maximum atomic E-state index is 2.64. The first-order chi connectivity index (χ1) is 48.8. The molecule has 0 bridgehead atoms. The van der Waals surface area contributed by atoms with Crippen molar-refractivity contribution >= 4 is 101 Å². The fourth-order valence-electron chi connectivity index (χ4n) is 16.1. The zero-order valence-corrected chi connectivity index (χ0v) is 55.4. The van der Waals surface area contributed by atoms with Gasteiger partial charge in [0.2, 0.25) is 0 Å². The van der Waals surface area contributed by atoms with Gasteiger partial charge in [0.1, 0.15) is 0 Å². The van der Waals surface area contributed by atoms with Crippen LogP contribution in [0.25, 0.3) is 122 Å². The van der Waals surface area contributed by atoms with Gasteiger partial charge in [0.05, 0.1) is 44.8 Å². The Bertz CT molecular complexity index is 5460. The maximum absolute atomic E-state index is 2.64. The molecule has 2 aliphatic heterocycles. The number of hydrogen-bond donors (Lipinski definition) is 0. The highest BCUT2D eigenvalue weighted by Gasteiger charge is 2.45. The van der Waals surface area contributed by atoms with Gasteiger partial charge in [0, 0.05) is 44.3 Å². The highest BCUT2D eigenvalue weighted by Crippen LogP contribution is 2.51. The maximum Gasteiger partial charge on any atom is 0.252 e. The van der Waals surface area contributed by atoms with Crippen LogP contribution in [-0.4, -0.2) is 15.8 Å². The van der Waals surface area contributed by atoms with Crippen molar-refractivity contribution in [2.75, 3.05) is 9.80 Å². The third-order valence-electron chi connectivity index (χ3n) is 20.8. The van der Waals surface area contributed by atoms with Crippen molar-refractivity contribution < 1.29 is 0 Å². The lowest BCUT2D eigenvalue weighted by molar-refractivity contribution is 0.590. The molecular formula is C94H67BN4. The molecule has 15 aromatic carbocycles. The van der Waals surface area contributed by atoms with Crippen molar-refractivity contribution in [3.05, 3.63) is 357 Å². The van der Waals surface area contributed by atoms with E-state index in [1.54, 1.807) is 0 Å². The minimum absolute atomic E-state index is 0.196. The van der Waals surface area contributed by atoms with Gasteiger partial charge in [-0.25, -0.2) is 0 Å². The van der Waals surface area contributed by atoms with E-state index in [1.807, 2.05) is 0 Å². The summed E-state index contributed by atoms with van der Waals surface area (Å²) in [6, 6.07) is 131. The van der Waals surface area contributed by atoms with Crippen molar-refractivity contribution in [1.29, 1.82) is 0 Å². The summed E-state index contributed by atoms with van der Waals surface area (Å²) in [5.41, 5.74) is 32.3. The van der Waals surface area contributed by atoms with Crippen LogP contribution in [-0.2, 0) is 5.41 Å². The van der Waals surface area contributed by atoms with Crippen molar-refractivity contribution in [3.8, 4) is 78.1 Å². The van der Waals surface area contributed by atoms with E-state index in [0.29, 0.717) is 0 Å². The summed E-state index contributed by atoms with van der Waals surface area (Å²) in [5.74, 6) is 0. The molecule has 19 rings (SSSR count). The second kappa shape index (κ2) is 23.2. The molecule has 0 saturated heterocycles. The number of hydrogen-bond acceptors (Lipinski definition) is 2. The number of fused-ring (bicyclic) bond motifs is 10. The molecule has 5 heteroatoms. The van der Waals surface area contributed by atoms with Crippen LogP contribution < -0.4 is 26.2 Å². The molecule has 0 unspecified atom stereocenters. The molecule has 0 spiro atoms. The average Bonchev–Trinajstić information content (AvgIpc) is 1.05. The van der Waals surface area contributed by atoms with E-state index in [9.17, 15) is 0 Å². The third-order valence-corrected chi connectivity index (χ3v) is 20.8. The topological polar surface area (TPSA) is 16.3 Å². The minimum atomic E-state index is -0.282. The number of benzene rings is 15. The fraction of sp³-hybridized carbons (Fsp3) is 0.0426. The number of para-hydroxylation sites is 4. The molecule has 2 aliphatic rings. The summed E-state index contributed by atoms with van der Waals surface area (Å²) in [7, 11) is 0. The van der Waals surface area contributed by atoms with Crippen LogP contribution in [0.3, 0.4) is 0 Å². The van der Waals surface area contributed by atoms with Gasteiger partial charge >= 0.3 is 0 Å². The monoisotopic (exact) mass is 1260 g/mol. The third kappa shape index (κ3) is 9.59. The van der Waals surface area contributed by atoms with E-state index in [1.165, 1.54) is 110 Å². The Hall–Kier alpha value is -12.4. The smallest absolute Gasteiger partial charge is 0.252 e. The first kappa shape index (κ1) is 58.0. The van der Waals surface area contributed by atoms with Crippen molar-refractivity contribution in [1.82, 2.24) is 9.13 Å². The predicted molar refractivity (Wildman–Crippen MR) is 420 cm³/mol. The molecule has 0 atom stereocenters. The lowest BCUT2D eigenvalue weighted by Crippen LogP contribution is -2.61. The number of nitrogens with zero attached hydrogens (tertiary/aromatic N) is 4. The standard InChI is InChI=1S/C94H67BN4/c1-94(2,3)74-60-91-93-92(61-74)97(84-39-23-25-41-86(84)99-89-58-72(66-34-18-8-19-35-66)44-50-77(89)78-51-45-73(59-90(78)99)67-36-20-9-21-37-67)82-53-47-69(63-28-12-5-13-29-63)55-80(82)95(93)79-54-68(62-26-10-4-11-27-62)46-52-81(79)96(91)83-38-22-24-40-85(83)98-87-56-70(64-30-14-6-15-31-64)42-48-75(87)76-49-43-71(57-88(76)98)65-32-16-7-17-33-65/h4-61H,1-3H3. The zero-order chi connectivity index (χ0) is 65.9. The molecular weight excluding hydrogens is 1200 g/mol. The van der Waals surface area contributed by atoms with Crippen LogP contribution in [0.15, 0.2) is 352 Å². The van der Waals surface area contributed by atoms with Crippen molar-refractivity contribution in [2.24, 2.45) is 0 Å². The second-order valence-electron chi connectivity index (χ2n) is 27.6. The van der Waals surface area contributed by atoms with Crippen LogP contribution in [0.2, 0.25) is 0 Å². The molecule has 0 saturated carbocycles. The number of aromatic nitrogens is 2. The van der Waals surface area contributed by atoms with Gasteiger partial charge in [-0.15, -0.1) is 0 Å². The zero-order valence-electron chi connectivity index (χ0n) is 55.4. The molecule has 17 aromatic rings. The molecule has 0 aliphatic carbocycles. The summed E-state index contributed by atoms with van der Waals surface area (Å²) >= 11 is 0. The molecule has 0 radical (unpaired) electrons. The molecule has 466 valence electrons. The largest absolute Gasteiger partial charge is 0.309 e. The second-order valence-corrected chi connectivity index (χ2v) is 27.6. The summed E-state index contributed by atoms with van der Waals surface area (Å²) in [5, 5.41) is 4.81. The van der Waals surface area contributed by atoms with E-state index in [0.717, 1.165) is 67.6 Å². The lowest BCUT2D eigenvalue weighted by atomic mass is 9.33. The molecule has 2 aromatic heterocycles. The lowest BCUT2D eigenvalue weighted by Gasteiger charge is -2.46. The van der Waals surface area contributed by atoms with Gasteiger partial charge < -0.3 is 18.9 Å². The Balaban J connectivity index is 0.921. The van der Waals surface area contributed by atoms with Crippen molar-refractivity contribution in [2.45, 2.75) is 26.2 Å². The van der Waals surface area contributed by atoms with Crippen LogP contribution in [0, 0.1) is 0 Å². The molecule has 0 fully saturated rings. The van der Waals surface area contributed by atoms with Crippen LogP contribution in [0.1, 0.15) is 26.3 Å². The van der Waals surface area contributed by atoms with Gasteiger partial charge in [0.15, 0.2) is 0 Å². The van der Waals surface area contributed by atoms with E-state index < -0.39 is 0 Å². The number of rotatable bonds is 10. The Morgan fingerprint density at radius 1 is 0.212 bits per heavy atom. The van der Waals surface area contributed by atoms with Crippen molar-refractivity contribution in [3.63, 3.8) is 0 Å². The summed E-state index contributed by atoms with van der Waals surface area (Å²) in [6.07, 6.45) is 0. The van der Waals surface area contributed by atoms with Gasteiger partial charge in [-0.3, -0.25) is 0 Å². The predicted octanol–water partition coefficient (Wildman–Crippen LogP) is 23.3. The quantitative estimate of drug-likeness (QED) is 0.127. The summed E-state index contributed by atoms with van der Waals surface area (Å²) in [6.45, 7) is 6.93. The Morgan fingerprint density at radius 3 is 0.747 bits per heavy atom. The Labute approximate surface area is 577 Å². The SMILES string of the molecule is CC(C)(C)c1cc2c3c(c1)N(c1ccccc1-n1c4cc(-c5ccccc5)ccc4c4ccc(-c5ccccc5)cc41)c1ccc(-c4ccccc4)cc1B3c1cc(-c3ccccc3)ccc1N2c1ccccc1-n1c2cc(-c3ccccc3)ccc2c2ccc(-c3ccccc3)cc21. The van der Waals surface area contributed by atoms with Crippen LogP contribution in [0.5, 0.6) is 0 Å². The summed E-state index contributed by atoms with van der Waals surface area (Å²) in [4.78, 5) is 5.28. The number of anilines is 6. The van der Waals surface area contributed by atoms with E-state index in [4.69, 9.17) is 0 Å². The molecule has 0 N–H and O–H groups in total. The van der Waals surface area contributed by atoms with E-state index in [2.05, 4.69) is 392 Å². The molecule has 4 heterocycles. The summed E-state index contributed by atoms with van der Waals surface area (Å²) < 4.78 is 5.12. The van der Waals surface area contributed by atoms with Gasteiger partial charge in [-0.2, -0.15) is 0 Å². The van der Waals surface area contributed by atoms with Gasteiger partial charge in [-0.05, 0) is 167 Å².